The van der Waals surface area contributed by atoms with Gasteiger partial charge in [0.15, 0.2) is 0 Å². The van der Waals surface area contributed by atoms with E-state index in [0.717, 1.165) is 5.69 Å². The van der Waals surface area contributed by atoms with Crippen LogP contribution in [0.2, 0.25) is 0 Å². The summed E-state index contributed by atoms with van der Waals surface area (Å²) in [5.74, 6) is -1.38. The molecule has 1 aromatic heterocycles. The minimum absolute atomic E-state index is 0.202. The fraction of sp³-hybridized carbons (Fsp3) is 0. The van der Waals surface area contributed by atoms with Gasteiger partial charge in [0, 0.05) is 11.9 Å². The molecule has 4 nitrogen and oxygen atoms in total. The average molecular weight is 308 g/mol. The van der Waals surface area contributed by atoms with E-state index in [4.69, 9.17) is 5.11 Å². The van der Waals surface area contributed by atoms with Gasteiger partial charge in [-0.3, -0.25) is 4.99 Å². The molecule has 23 heavy (non-hydrogen) atoms. The highest BCUT2D eigenvalue weighted by molar-refractivity contribution is 5.88. The van der Waals surface area contributed by atoms with Crippen molar-refractivity contribution in [2.45, 2.75) is 0 Å². The number of hydrogen-bond acceptors (Lipinski definition) is 2. The fourth-order valence-corrected chi connectivity index (χ4v) is 2.22. The second-order valence-electron chi connectivity index (χ2n) is 4.87. The molecular formula is C18H13FN2O2. The van der Waals surface area contributed by atoms with Gasteiger partial charge in [0.25, 0.3) is 0 Å². The quantitative estimate of drug-likeness (QED) is 0.739. The highest BCUT2D eigenvalue weighted by Gasteiger charge is 2.06. The summed E-state index contributed by atoms with van der Waals surface area (Å²) in [7, 11) is 0. The Morgan fingerprint density at radius 3 is 2.70 bits per heavy atom. The Bertz CT molecular complexity index is 884. The maximum atomic E-state index is 13.6. The van der Waals surface area contributed by atoms with Gasteiger partial charge < -0.3 is 9.67 Å². The number of nitrogens with zero attached hydrogens (tertiary/aromatic N) is 2. The number of carboxylic acids is 1. The predicted molar refractivity (Wildman–Crippen MR) is 86.4 cm³/mol. The molecular weight excluding hydrogens is 295 g/mol. The zero-order chi connectivity index (χ0) is 16.2. The van der Waals surface area contributed by atoms with Crippen molar-refractivity contribution in [3.05, 3.63) is 83.9 Å². The second-order valence-corrected chi connectivity index (χ2v) is 4.87. The van der Waals surface area contributed by atoms with E-state index in [0.29, 0.717) is 5.69 Å². The summed E-state index contributed by atoms with van der Waals surface area (Å²) >= 11 is 0. The van der Waals surface area contributed by atoms with Crippen LogP contribution >= 0.6 is 0 Å². The summed E-state index contributed by atoms with van der Waals surface area (Å²) in [4.78, 5) is 15.2. The van der Waals surface area contributed by atoms with E-state index in [2.05, 4.69) is 4.99 Å². The summed E-state index contributed by atoms with van der Waals surface area (Å²) in [6.45, 7) is 0. The van der Waals surface area contributed by atoms with E-state index >= 15 is 0 Å². The molecule has 0 aliphatic heterocycles. The van der Waals surface area contributed by atoms with Crippen LogP contribution in [-0.4, -0.2) is 21.9 Å². The number of aromatic carboxylic acids is 1. The molecule has 0 amide bonds. The molecule has 0 fully saturated rings. The van der Waals surface area contributed by atoms with E-state index in [-0.39, 0.29) is 11.3 Å². The molecule has 0 aliphatic carbocycles. The van der Waals surface area contributed by atoms with Crippen LogP contribution in [0.5, 0.6) is 0 Å². The van der Waals surface area contributed by atoms with Crippen LogP contribution < -0.4 is 0 Å². The topological polar surface area (TPSA) is 54.6 Å². The molecule has 0 saturated carbocycles. The van der Waals surface area contributed by atoms with E-state index in [1.807, 2.05) is 12.1 Å². The molecule has 5 heteroatoms. The number of carbonyl (C=O) groups is 1. The lowest BCUT2D eigenvalue weighted by atomic mass is 10.2. The van der Waals surface area contributed by atoms with Crippen LogP contribution in [0, 0.1) is 5.82 Å². The lowest BCUT2D eigenvalue weighted by molar-refractivity contribution is 0.0697. The molecule has 114 valence electrons. The summed E-state index contributed by atoms with van der Waals surface area (Å²) in [5.41, 5.74) is 1.87. The monoisotopic (exact) mass is 308 g/mol. The molecule has 2 aromatic carbocycles. The van der Waals surface area contributed by atoms with E-state index in [9.17, 15) is 9.18 Å². The first-order chi connectivity index (χ1) is 11.1. The highest BCUT2D eigenvalue weighted by Crippen LogP contribution is 2.18. The first kappa shape index (κ1) is 14.7. The third kappa shape index (κ3) is 3.18. The summed E-state index contributed by atoms with van der Waals surface area (Å²) in [6, 6.07) is 16.5. The highest BCUT2D eigenvalue weighted by atomic mass is 19.1. The molecule has 0 radical (unpaired) electrons. The molecule has 0 unspecified atom stereocenters. The number of halogens is 1. The molecule has 0 bridgehead atoms. The number of benzene rings is 2. The Balaban J connectivity index is 1.96. The van der Waals surface area contributed by atoms with Crippen LogP contribution in [0.25, 0.3) is 5.69 Å². The largest absolute Gasteiger partial charge is 0.478 e. The van der Waals surface area contributed by atoms with Crippen LogP contribution in [-0.2, 0) is 0 Å². The molecule has 0 saturated heterocycles. The van der Waals surface area contributed by atoms with Crippen LogP contribution in [0.1, 0.15) is 16.1 Å². The Labute approximate surface area is 132 Å². The Kier molecular flexibility index (Phi) is 4.01. The third-order valence-corrected chi connectivity index (χ3v) is 3.34. The summed E-state index contributed by atoms with van der Waals surface area (Å²) in [5, 5.41) is 9.08. The Morgan fingerprint density at radius 1 is 1.09 bits per heavy atom. The van der Waals surface area contributed by atoms with Gasteiger partial charge >= 0.3 is 5.97 Å². The van der Waals surface area contributed by atoms with Gasteiger partial charge in [0.1, 0.15) is 5.82 Å². The van der Waals surface area contributed by atoms with Gasteiger partial charge in [0.05, 0.1) is 23.2 Å². The first-order valence-electron chi connectivity index (χ1n) is 6.95. The molecule has 1 N–H and O–H groups in total. The predicted octanol–water partition coefficient (Wildman–Crippen LogP) is 4.07. The standard InChI is InChI=1S/C18H13FN2O2/c19-16-8-1-2-9-17(16)20-12-15-7-4-10-21(15)14-6-3-5-13(11-14)18(22)23/h1-12H,(H,22,23). The fourth-order valence-electron chi connectivity index (χ4n) is 2.22. The summed E-state index contributed by atoms with van der Waals surface area (Å²) < 4.78 is 15.4. The first-order valence-corrected chi connectivity index (χ1v) is 6.95. The minimum Gasteiger partial charge on any atom is -0.478 e. The lowest BCUT2D eigenvalue weighted by Crippen LogP contribution is -2.01. The van der Waals surface area contributed by atoms with Crippen LogP contribution in [0.15, 0.2) is 71.9 Å². The van der Waals surface area contributed by atoms with Crippen LogP contribution in [0.3, 0.4) is 0 Å². The lowest BCUT2D eigenvalue weighted by Gasteiger charge is -2.07. The van der Waals surface area contributed by atoms with Crippen molar-refractivity contribution in [2.24, 2.45) is 4.99 Å². The van der Waals surface area contributed by atoms with Crippen molar-refractivity contribution in [2.75, 3.05) is 0 Å². The number of para-hydroxylation sites is 1. The number of carboxylic acid groups (broad SMARTS) is 1. The number of rotatable bonds is 4. The molecule has 0 spiro atoms. The smallest absolute Gasteiger partial charge is 0.335 e. The van der Waals surface area contributed by atoms with Crippen molar-refractivity contribution < 1.29 is 14.3 Å². The molecule has 0 atom stereocenters. The van der Waals surface area contributed by atoms with Crippen molar-refractivity contribution in [1.29, 1.82) is 0 Å². The zero-order valence-electron chi connectivity index (χ0n) is 12.1. The van der Waals surface area contributed by atoms with Gasteiger partial charge in [-0.1, -0.05) is 18.2 Å². The Hall–Kier alpha value is -3.21. The number of hydrogen-bond donors (Lipinski definition) is 1. The van der Waals surface area contributed by atoms with Gasteiger partial charge in [-0.15, -0.1) is 0 Å². The molecule has 0 aliphatic rings. The van der Waals surface area contributed by atoms with Crippen LogP contribution in [0.4, 0.5) is 10.1 Å². The maximum Gasteiger partial charge on any atom is 0.335 e. The normalized spacial score (nSPS) is 11.0. The van der Waals surface area contributed by atoms with Gasteiger partial charge in [-0.05, 0) is 42.5 Å². The van der Waals surface area contributed by atoms with Gasteiger partial charge in [-0.2, -0.15) is 0 Å². The Morgan fingerprint density at radius 2 is 1.91 bits per heavy atom. The van der Waals surface area contributed by atoms with E-state index < -0.39 is 11.8 Å². The SMILES string of the molecule is O=C(O)c1cccc(-n2cccc2C=Nc2ccccc2F)c1. The maximum absolute atomic E-state index is 13.6. The van der Waals surface area contributed by atoms with Gasteiger partial charge in [-0.25, -0.2) is 9.18 Å². The molecule has 3 aromatic rings. The second kappa shape index (κ2) is 6.27. The number of aromatic nitrogens is 1. The summed E-state index contributed by atoms with van der Waals surface area (Å²) in [6.07, 6.45) is 3.34. The third-order valence-electron chi connectivity index (χ3n) is 3.34. The van der Waals surface area contributed by atoms with Crippen molar-refractivity contribution >= 4 is 17.9 Å². The molecule has 1 heterocycles. The van der Waals surface area contributed by atoms with E-state index in [1.165, 1.54) is 12.1 Å². The zero-order valence-corrected chi connectivity index (χ0v) is 12.1. The average Bonchev–Trinajstić information content (AvgIpc) is 3.03. The van der Waals surface area contributed by atoms with Crippen molar-refractivity contribution in [1.82, 2.24) is 4.57 Å². The van der Waals surface area contributed by atoms with Crippen molar-refractivity contribution in [3.8, 4) is 5.69 Å². The van der Waals surface area contributed by atoms with E-state index in [1.54, 1.807) is 53.4 Å². The van der Waals surface area contributed by atoms with Gasteiger partial charge in [0.2, 0.25) is 0 Å². The van der Waals surface area contributed by atoms with Crippen molar-refractivity contribution in [3.63, 3.8) is 0 Å². The minimum atomic E-state index is -0.986. The number of aliphatic imine (C=N–C) groups is 1. The molecule has 3 rings (SSSR count).